The molecule has 1 heterocycles. The Hall–Kier alpha value is -2.62. The molecule has 22 heavy (non-hydrogen) atoms. The van der Waals surface area contributed by atoms with Crippen LogP contribution in [0.5, 0.6) is 0 Å². The molecule has 0 aliphatic carbocycles. The van der Waals surface area contributed by atoms with E-state index in [0.717, 1.165) is 16.8 Å². The molecular formula is C18H18N2O2. The molecule has 4 heteroatoms. The molecule has 0 bridgehead atoms. The lowest BCUT2D eigenvalue weighted by atomic mass is 10.0. The van der Waals surface area contributed by atoms with Crippen molar-refractivity contribution in [3.8, 4) is 0 Å². The average molecular weight is 294 g/mol. The van der Waals surface area contributed by atoms with Gasteiger partial charge in [0.05, 0.1) is 12.5 Å². The SMILES string of the molecule is Cc1ccc([C@@H](C)NC(=O)c2ccc3c(c2)CC(=O)N3)cc1. The lowest BCUT2D eigenvalue weighted by Gasteiger charge is -2.15. The lowest BCUT2D eigenvalue weighted by Crippen LogP contribution is -2.26. The molecule has 0 saturated carbocycles. The number of carbonyl (C=O) groups excluding carboxylic acids is 2. The number of amides is 2. The molecule has 1 aliphatic heterocycles. The summed E-state index contributed by atoms with van der Waals surface area (Å²) in [4.78, 5) is 23.7. The summed E-state index contributed by atoms with van der Waals surface area (Å²) in [7, 11) is 0. The van der Waals surface area contributed by atoms with Crippen LogP contribution in [-0.4, -0.2) is 11.8 Å². The Morgan fingerprint density at radius 2 is 1.91 bits per heavy atom. The molecule has 0 spiro atoms. The van der Waals surface area contributed by atoms with Gasteiger partial charge in [-0.3, -0.25) is 9.59 Å². The first-order valence-electron chi connectivity index (χ1n) is 7.33. The largest absolute Gasteiger partial charge is 0.346 e. The molecule has 1 atom stereocenters. The van der Waals surface area contributed by atoms with Crippen LogP contribution in [0.1, 0.15) is 40.0 Å². The van der Waals surface area contributed by atoms with Crippen molar-refractivity contribution in [3.63, 3.8) is 0 Å². The fraction of sp³-hybridized carbons (Fsp3) is 0.222. The van der Waals surface area contributed by atoms with E-state index in [-0.39, 0.29) is 17.9 Å². The van der Waals surface area contributed by atoms with Gasteiger partial charge in [-0.25, -0.2) is 0 Å². The fourth-order valence-electron chi connectivity index (χ4n) is 2.59. The maximum absolute atomic E-state index is 12.4. The van der Waals surface area contributed by atoms with Gasteiger partial charge in [0.25, 0.3) is 5.91 Å². The maximum Gasteiger partial charge on any atom is 0.251 e. The van der Waals surface area contributed by atoms with Crippen molar-refractivity contribution in [2.24, 2.45) is 0 Å². The Morgan fingerprint density at radius 1 is 1.18 bits per heavy atom. The van der Waals surface area contributed by atoms with Gasteiger partial charge in [-0.15, -0.1) is 0 Å². The van der Waals surface area contributed by atoms with Gasteiger partial charge >= 0.3 is 0 Å². The van der Waals surface area contributed by atoms with Crippen LogP contribution in [0, 0.1) is 6.92 Å². The number of hydrogen-bond acceptors (Lipinski definition) is 2. The Kier molecular flexibility index (Phi) is 3.67. The molecule has 0 radical (unpaired) electrons. The Balaban J connectivity index is 1.73. The number of aryl methyl sites for hydroxylation is 1. The third kappa shape index (κ3) is 2.86. The normalized spacial score (nSPS) is 14.2. The lowest BCUT2D eigenvalue weighted by molar-refractivity contribution is -0.115. The van der Waals surface area contributed by atoms with E-state index < -0.39 is 0 Å². The van der Waals surface area contributed by atoms with Gasteiger partial charge in [-0.05, 0) is 43.2 Å². The van der Waals surface area contributed by atoms with Crippen LogP contribution in [-0.2, 0) is 11.2 Å². The molecular weight excluding hydrogens is 276 g/mol. The third-order valence-electron chi connectivity index (χ3n) is 3.92. The first-order valence-corrected chi connectivity index (χ1v) is 7.33. The van der Waals surface area contributed by atoms with E-state index in [1.54, 1.807) is 18.2 Å². The number of benzene rings is 2. The van der Waals surface area contributed by atoms with Crippen molar-refractivity contribution in [2.75, 3.05) is 5.32 Å². The van der Waals surface area contributed by atoms with E-state index in [4.69, 9.17) is 0 Å². The summed E-state index contributed by atoms with van der Waals surface area (Å²) in [5.41, 5.74) is 4.51. The van der Waals surface area contributed by atoms with E-state index >= 15 is 0 Å². The molecule has 1 aliphatic rings. The van der Waals surface area contributed by atoms with Crippen LogP contribution < -0.4 is 10.6 Å². The number of carbonyl (C=O) groups is 2. The van der Waals surface area contributed by atoms with E-state index in [2.05, 4.69) is 10.6 Å². The second-order valence-electron chi connectivity index (χ2n) is 5.70. The zero-order valence-corrected chi connectivity index (χ0v) is 12.6. The summed E-state index contributed by atoms with van der Waals surface area (Å²) < 4.78 is 0. The van der Waals surface area contributed by atoms with Gasteiger partial charge in [0, 0.05) is 11.3 Å². The third-order valence-corrected chi connectivity index (χ3v) is 3.92. The van der Waals surface area contributed by atoms with E-state index in [9.17, 15) is 9.59 Å². The second kappa shape index (κ2) is 5.64. The summed E-state index contributed by atoms with van der Waals surface area (Å²) in [6.07, 6.45) is 0.337. The van der Waals surface area contributed by atoms with Gasteiger partial charge in [-0.1, -0.05) is 29.8 Å². The van der Waals surface area contributed by atoms with Crippen LogP contribution >= 0.6 is 0 Å². The fourth-order valence-corrected chi connectivity index (χ4v) is 2.59. The first kappa shape index (κ1) is 14.3. The molecule has 3 rings (SSSR count). The Morgan fingerprint density at radius 3 is 2.64 bits per heavy atom. The van der Waals surface area contributed by atoms with Crippen molar-refractivity contribution < 1.29 is 9.59 Å². The Labute approximate surface area is 129 Å². The molecule has 2 aromatic carbocycles. The number of rotatable bonds is 3. The van der Waals surface area contributed by atoms with Crippen molar-refractivity contribution in [3.05, 3.63) is 64.7 Å². The highest BCUT2D eigenvalue weighted by Crippen LogP contribution is 2.24. The van der Waals surface area contributed by atoms with Crippen LogP contribution in [0.25, 0.3) is 0 Å². The predicted octanol–water partition coefficient (Wildman–Crippen LogP) is 2.98. The zero-order chi connectivity index (χ0) is 15.7. The number of fused-ring (bicyclic) bond motifs is 1. The van der Waals surface area contributed by atoms with Gasteiger partial charge in [0.1, 0.15) is 0 Å². The topological polar surface area (TPSA) is 58.2 Å². The molecule has 2 amide bonds. The molecule has 0 fully saturated rings. The molecule has 2 aromatic rings. The highest BCUT2D eigenvalue weighted by Gasteiger charge is 2.19. The number of anilines is 1. The van der Waals surface area contributed by atoms with Gasteiger partial charge < -0.3 is 10.6 Å². The summed E-state index contributed by atoms with van der Waals surface area (Å²) in [6, 6.07) is 13.3. The molecule has 0 unspecified atom stereocenters. The Bertz CT molecular complexity index is 735. The summed E-state index contributed by atoms with van der Waals surface area (Å²) in [5.74, 6) is -0.157. The van der Waals surface area contributed by atoms with E-state index in [1.165, 1.54) is 5.56 Å². The quantitative estimate of drug-likeness (QED) is 0.914. The standard InChI is InChI=1S/C18H18N2O2/c1-11-3-5-13(6-4-11)12(2)19-18(22)14-7-8-16-15(9-14)10-17(21)20-16/h3-9,12H,10H2,1-2H3,(H,19,22)(H,20,21)/t12-/m1/s1. The smallest absolute Gasteiger partial charge is 0.251 e. The second-order valence-corrected chi connectivity index (χ2v) is 5.70. The van der Waals surface area contributed by atoms with Crippen molar-refractivity contribution in [2.45, 2.75) is 26.3 Å². The zero-order valence-electron chi connectivity index (χ0n) is 12.6. The van der Waals surface area contributed by atoms with Crippen molar-refractivity contribution >= 4 is 17.5 Å². The number of nitrogens with one attached hydrogen (secondary N) is 2. The van der Waals surface area contributed by atoms with Crippen molar-refractivity contribution in [1.29, 1.82) is 0 Å². The van der Waals surface area contributed by atoms with Gasteiger partial charge in [-0.2, -0.15) is 0 Å². The van der Waals surface area contributed by atoms with Crippen molar-refractivity contribution in [1.82, 2.24) is 5.32 Å². The van der Waals surface area contributed by atoms with Gasteiger partial charge in [0.2, 0.25) is 5.91 Å². The summed E-state index contributed by atoms with van der Waals surface area (Å²) >= 11 is 0. The maximum atomic E-state index is 12.4. The first-order chi connectivity index (χ1) is 10.5. The average Bonchev–Trinajstić information content (AvgIpc) is 2.86. The van der Waals surface area contributed by atoms with Gasteiger partial charge in [0.15, 0.2) is 0 Å². The molecule has 2 N–H and O–H groups in total. The summed E-state index contributed by atoms with van der Waals surface area (Å²) in [6.45, 7) is 3.99. The minimum Gasteiger partial charge on any atom is -0.346 e. The predicted molar refractivity (Wildman–Crippen MR) is 85.8 cm³/mol. The van der Waals surface area contributed by atoms with Crippen LogP contribution in [0.2, 0.25) is 0 Å². The molecule has 4 nitrogen and oxygen atoms in total. The van der Waals surface area contributed by atoms with E-state index in [0.29, 0.717) is 12.0 Å². The van der Waals surface area contributed by atoms with Crippen LogP contribution in [0.3, 0.4) is 0 Å². The summed E-state index contributed by atoms with van der Waals surface area (Å²) in [5, 5.41) is 5.75. The van der Waals surface area contributed by atoms with Crippen LogP contribution in [0.4, 0.5) is 5.69 Å². The highest BCUT2D eigenvalue weighted by atomic mass is 16.2. The molecule has 0 saturated heterocycles. The number of hydrogen-bond donors (Lipinski definition) is 2. The molecule has 112 valence electrons. The minimum atomic E-state index is -0.129. The minimum absolute atomic E-state index is 0.0272. The highest BCUT2D eigenvalue weighted by molar-refractivity contribution is 6.01. The van der Waals surface area contributed by atoms with Crippen LogP contribution in [0.15, 0.2) is 42.5 Å². The molecule has 0 aromatic heterocycles. The van der Waals surface area contributed by atoms with E-state index in [1.807, 2.05) is 38.1 Å². The monoisotopic (exact) mass is 294 g/mol.